The molecule has 0 saturated heterocycles. The topological polar surface area (TPSA) is 54.7 Å². The van der Waals surface area contributed by atoms with E-state index in [4.69, 9.17) is 0 Å². The highest BCUT2D eigenvalue weighted by atomic mass is 16.5. The second-order valence-electron chi connectivity index (χ2n) is 8.15. The Morgan fingerprint density at radius 1 is 1.26 bits per heavy atom. The smallest absolute Gasteiger partial charge is 0.330 e. The average molecular weight is 419 g/mol. The van der Waals surface area contributed by atoms with Crippen LogP contribution in [0.25, 0.3) is 17.0 Å². The van der Waals surface area contributed by atoms with E-state index >= 15 is 0 Å². The van der Waals surface area contributed by atoms with E-state index in [9.17, 15) is 9.90 Å². The van der Waals surface area contributed by atoms with Gasteiger partial charge in [-0.25, -0.2) is 4.79 Å². The number of fused-ring (bicyclic) bond motifs is 2. The van der Waals surface area contributed by atoms with Gasteiger partial charge in [0, 0.05) is 48.9 Å². The first-order chi connectivity index (χ1) is 15.1. The molecule has 3 aromatic rings. The standard InChI is InChI=1S/C26H30N2O3/c1-19-18-28(24-6-4-3-5-22(19)24)14-13-27(15-16-29)25-11-9-21-17-20(7-10-23(21)25)8-12-26(30)31-2/h3-8,10,12,17-18,25,29H,9,11,13-16H2,1-2H3. The van der Waals surface area contributed by atoms with Crippen molar-refractivity contribution in [2.75, 3.05) is 26.8 Å². The molecule has 1 heterocycles. The Morgan fingerprint density at radius 2 is 2.10 bits per heavy atom. The summed E-state index contributed by atoms with van der Waals surface area (Å²) in [5.41, 5.74) is 6.22. The molecule has 162 valence electrons. The molecule has 1 N–H and O–H groups in total. The lowest BCUT2D eigenvalue weighted by atomic mass is 10.0. The van der Waals surface area contributed by atoms with Crippen LogP contribution in [0.15, 0.2) is 54.7 Å². The average Bonchev–Trinajstić information content (AvgIpc) is 3.36. The Balaban J connectivity index is 1.51. The summed E-state index contributed by atoms with van der Waals surface area (Å²) in [5.74, 6) is -0.347. The molecule has 0 saturated carbocycles. The number of carbonyl (C=O) groups is 1. The Bertz CT molecular complexity index is 1100. The molecule has 0 fully saturated rings. The predicted octanol–water partition coefficient (Wildman–Crippen LogP) is 4.12. The highest BCUT2D eigenvalue weighted by Gasteiger charge is 2.27. The molecule has 1 atom stereocenters. The van der Waals surface area contributed by atoms with E-state index in [2.05, 4.69) is 69.8 Å². The van der Waals surface area contributed by atoms with E-state index in [-0.39, 0.29) is 12.6 Å². The number of ether oxygens (including phenoxy) is 1. The van der Waals surface area contributed by atoms with Gasteiger partial charge in [-0.1, -0.05) is 36.4 Å². The molecule has 1 aliphatic carbocycles. The summed E-state index contributed by atoms with van der Waals surface area (Å²) in [4.78, 5) is 13.8. The summed E-state index contributed by atoms with van der Waals surface area (Å²) in [7, 11) is 1.38. The fraction of sp³-hybridized carbons (Fsp3) is 0.346. The lowest BCUT2D eigenvalue weighted by Crippen LogP contribution is -2.33. The van der Waals surface area contributed by atoms with Gasteiger partial charge in [-0.3, -0.25) is 4.90 Å². The number of methoxy groups -OCH3 is 1. The van der Waals surface area contributed by atoms with Gasteiger partial charge in [-0.05, 0) is 54.2 Å². The van der Waals surface area contributed by atoms with Crippen molar-refractivity contribution in [2.24, 2.45) is 0 Å². The van der Waals surface area contributed by atoms with E-state index in [1.165, 1.54) is 40.8 Å². The third kappa shape index (κ3) is 4.58. The minimum atomic E-state index is -0.347. The van der Waals surface area contributed by atoms with Gasteiger partial charge >= 0.3 is 5.97 Å². The van der Waals surface area contributed by atoms with E-state index in [1.807, 2.05) is 0 Å². The molecule has 0 radical (unpaired) electrons. The number of para-hydroxylation sites is 1. The van der Waals surface area contributed by atoms with Crippen molar-refractivity contribution in [1.82, 2.24) is 9.47 Å². The van der Waals surface area contributed by atoms with Crippen LogP contribution in [0.5, 0.6) is 0 Å². The minimum Gasteiger partial charge on any atom is -0.466 e. The van der Waals surface area contributed by atoms with Crippen molar-refractivity contribution >= 4 is 22.9 Å². The number of hydrogen-bond donors (Lipinski definition) is 1. The number of aromatic nitrogens is 1. The molecule has 0 spiro atoms. The monoisotopic (exact) mass is 418 g/mol. The van der Waals surface area contributed by atoms with Crippen LogP contribution in [0.3, 0.4) is 0 Å². The first-order valence-corrected chi connectivity index (χ1v) is 10.9. The molecule has 5 heteroatoms. The van der Waals surface area contributed by atoms with Crippen molar-refractivity contribution < 1.29 is 14.6 Å². The van der Waals surface area contributed by atoms with Crippen molar-refractivity contribution in [1.29, 1.82) is 0 Å². The van der Waals surface area contributed by atoms with Crippen LogP contribution in [-0.2, 0) is 22.5 Å². The molecule has 1 aromatic heterocycles. The summed E-state index contributed by atoms with van der Waals surface area (Å²) >= 11 is 0. The number of benzene rings is 2. The molecule has 1 unspecified atom stereocenters. The Kier molecular flexibility index (Phi) is 6.54. The fourth-order valence-corrected chi connectivity index (χ4v) is 4.73. The number of hydrogen-bond acceptors (Lipinski definition) is 4. The second-order valence-corrected chi connectivity index (χ2v) is 8.15. The Labute approximate surface area is 183 Å². The third-order valence-corrected chi connectivity index (χ3v) is 6.27. The molecule has 2 aromatic carbocycles. The molecule has 5 nitrogen and oxygen atoms in total. The largest absolute Gasteiger partial charge is 0.466 e. The molecular formula is C26H30N2O3. The van der Waals surface area contributed by atoms with Crippen LogP contribution in [0.4, 0.5) is 0 Å². The van der Waals surface area contributed by atoms with Crippen molar-refractivity contribution in [3.63, 3.8) is 0 Å². The van der Waals surface area contributed by atoms with Crippen molar-refractivity contribution in [2.45, 2.75) is 32.4 Å². The van der Waals surface area contributed by atoms with Crippen LogP contribution in [0, 0.1) is 6.92 Å². The van der Waals surface area contributed by atoms with Crippen LogP contribution < -0.4 is 0 Å². The summed E-state index contributed by atoms with van der Waals surface area (Å²) in [5, 5.41) is 11.0. The van der Waals surface area contributed by atoms with Gasteiger partial charge < -0.3 is 14.4 Å². The van der Waals surface area contributed by atoms with Crippen molar-refractivity contribution in [3.8, 4) is 0 Å². The number of carbonyl (C=O) groups excluding carboxylic acids is 1. The van der Waals surface area contributed by atoms with E-state index in [1.54, 1.807) is 6.08 Å². The number of rotatable bonds is 8. The molecule has 31 heavy (non-hydrogen) atoms. The Hall–Kier alpha value is -2.89. The Morgan fingerprint density at radius 3 is 2.90 bits per heavy atom. The predicted molar refractivity (Wildman–Crippen MR) is 124 cm³/mol. The van der Waals surface area contributed by atoms with Gasteiger partial charge in [0.1, 0.15) is 0 Å². The summed E-state index contributed by atoms with van der Waals surface area (Å²) in [6.07, 6.45) is 7.53. The quantitative estimate of drug-likeness (QED) is 0.442. The van der Waals surface area contributed by atoms with Gasteiger partial charge in [0.2, 0.25) is 0 Å². The highest BCUT2D eigenvalue weighted by molar-refractivity contribution is 5.87. The van der Waals surface area contributed by atoms with Gasteiger partial charge in [0.25, 0.3) is 0 Å². The third-order valence-electron chi connectivity index (χ3n) is 6.27. The maximum absolute atomic E-state index is 11.4. The maximum atomic E-state index is 11.4. The molecule has 0 amide bonds. The zero-order valence-corrected chi connectivity index (χ0v) is 18.3. The van der Waals surface area contributed by atoms with Gasteiger partial charge in [-0.15, -0.1) is 0 Å². The van der Waals surface area contributed by atoms with Crippen LogP contribution >= 0.6 is 0 Å². The summed E-state index contributed by atoms with van der Waals surface area (Å²) < 4.78 is 7.00. The van der Waals surface area contributed by atoms with E-state index < -0.39 is 0 Å². The normalized spacial score (nSPS) is 15.8. The summed E-state index contributed by atoms with van der Waals surface area (Å²) in [6, 6.07) is 15.2. The fourth-order valence-electron chi connectivity index (χ4n) is 4.73. The molecule has 1 aliphatic rings. The maximum Gasteiger partial charge on any atom is 0.330 e. The van der Waals surface area contributed by atoms with Crippen LogP contribution in [0.1, 0.15) is 34.7 Å². The zero-order chi connectivity index (χ0) is 21.8. The molecule has 4 rings (SSSR count). The summed E-state index contributed by atoms with van der Waals surface area (Å²) in [6.45, 7) is 4.74. The van der Waals surface area contributed by atoms with Crippen molar-refractivity contribution in [3.05, 3.63) is 77.0 Å². The molecule has 0 aliphatic heterocycles. The number of esters is 1. The number of aryl methyl sites for hydroxylation is 2. The molecule has 0 bridgehead atoms. The highest BCUT2D eigenvalue weighted by Crippen LogP contribution is 2.36. The van der Waals surface area contributed by atoms with Gasteiger partial charge in [0.15, 0.2) is 0 Å². The van der Waals surface area contributed by atoms with Crippen LogP contribution in [-0.4, -0.2) is 47.3 Å². The first kappa shape index (κ1) is 21.3. The molecular weight excluding hydrogens is 388 g/mol. The SMILES string of the molecule is COC(=O)C=Cc1ccc2c(c1)CCC2N(CCO)CCn1cc(C)c2ccccc21. The van der Waals surface area contributed by atoms with Crippen LogP contribution in [0.2, 0.25) is 0 Å². The number of nitrogens with zero attached hydrogens (tertiary/aromatic N) is 2. The lowest BCUT2D eigenvalue weighted by Gasteiger charge is -2.29. The van der Waals surface area contributed by atoms with E-state index in [0.29, 0.717) is 12.6 Å². The number of aliphatic hydroxyl groups excluding tert-OH is 1. The lowest BCUT2D eigenvalue weighted by molar-refractivity contribution is -0.134. The first-order valence-electron chi connectivity index (χ1n) is 10.9. The van der Waals surface area contributed by atoms with Gasteiger partial charge in [-0.2, -0.15) is 0 Å². The zero-order valence-electron chi connectivity index (χ0n) is 18.3. The van der Waals surface area contributed by atoms with E-state index in [0.717, 1.165) is 31.5 Å². The van der Waals surface area contributed by atoms with Gasteiger partial charge in [0.05, 0.1) is 13.7 Å². The second kappa shape index (κ2) is 9.50. The minimum absolute atomic E-state index is 0.150. The number of aliphatic hydroxyl groups is 1.